The topological polar surface area (TPSA) is 76.7 Å². The van der Waals surface area contributed by atoms with Crippen LogP contribution in [0, 0.1) is 27.7 Å². The summed E-state index contributed by atoms with van der Waals surface area (Å²) < 4.78 is 11.9. The molecular weight excluding hydrogens is 524 g/mol. The van der Waals surface area contributed by atoms with Crippen molar-refractivity contribution in [3.8, 4) is 22.6 Å². The smallest absolute Gasteiger partial charge is 0.265 e. The zero-order chi connectivity index (χ0) is 30.2. The van der Waals surface area contributed by atoms with E-state index in [1.165, 1.54) is 0 Å². The summed E-state index contributed by atoms with van der Waals surface area (Å²) in [7, 11) is 0. The molecule has 218 valence electrons. The second-order valence-electron chi connectivity index (χ2n) is 10.7. The Labute approximate surface area is 249 Å². The second kappa shape index (κ2) is 13.9. The Morgan fingerprint density at radius 3 is 1.24 bits per heavy atom. The molecule has 0 radical (unpaired) electrons. The van der Waals surface area contributed by atoms with Crippen LogP contribution in [0.1, 0.15) is 48.9 Å². The summed E-state index contributed by atoms with van der Waals surface area (Å²) in [4.78, 5) is 26.0. The van der Waals surface area contributed by atoms with Crippen LogP contribution in [-0.4, -0.2) is 24.0 Å². The molecule has 0 aliphatic heterocycles. The van der Waals surface area contributed by atoms with Crippen molar-refractivity contribution in [2.45, 2.75) is 66.6 Å². The summed E-state index contributed by atoms with van der Waals surface area (Å²) in [6.07, 6.45) is -0.0785. The van der Waals surface area contributed by atoms with Gasteiger partial charge in [-0.05, 0) is 111 Å². The van der Waals surface area contributed by atoms with E-state index in [4.69, 9.17) is 9.47 Å². The highest BCUT2D eigenvalue weighted by atomic mass is 16.5. The Hall–Kier alpha value is -4.58. The Kier molecular flexibility index (Phi) is 10.0. The number of ether oxygens (including phenoxy) is 2. The molecule has 2 amide bonds. The zero-order valence-corrected chi connectivity index (χ0v) is 25.3. The number of anilines is 2. The molecule has 2 unspecified atom stereocenters. The third-order valence-electron chi connectivity index (χ3n) is 7.23. The highest BCUT2D eigenvalue weighted by Gasteiger charge is 2.21. The first kappa shape index (κ1) is 30.4. The predicted molar refractivity (Wildman–Crippen MR) is 170 cm³/mol. The largest absolute Gasteiger partial charge is 0.481 e. The van der Waals surface area contributed by atoms with Crippen LogP contribution in [0.3, 0.4) is 0 Å². The van der Waals surface area contributed by atoms with Gasteiger partial charge in [0.1, 0.15) is 11.5 Å². The van der Waals surface area contributed by atoms with Gasteiger partial charge in [0, 0.05) is 11.4 Å². The van der Waals surface area contributed by atoms with Gasteiger partial charge in [0.25, 0.3) is 11.8 Å². The van der Waals surface area contributed by atoms with Gasteiger partial charge >= 0.3 is 0 Å². The van der Waals surface area contributed by atoms with Crippen LogP contribution in [0.2, 0.25) is 0 Å². The minimum Gasteiger partial charge on any atom is -0.481 e. The monoisotopic (exact) mass is 564 g/mol. The van der Waals surface area contributed by atoms with Crippen LogP contribution >= 0.6 is 0 Å². The summed E-state index contributed by atoms with van der Waals surface area (Å²) in [6, 6.07) is 27.3. The summed E-state index contributed by atoms with van der Waals surface area (Å²) in [5.41, 5.74) is 7.69. The molecule has 0 heterocycles. The van der Waals surface area contributed by atoms with E-state index in [1.807, 2.05) is 126 Å². The van der Waals surface area contributed by atoms with Gasteiger partial charge in [-0.15, -0.1) is 0 Å². The first-order valence-corrected chi connectivity index (χ1v) is 14.5. The van der Waals surface area contributed by atoms with Crippen LogP contribution in [-0.2, 0) is 9.59 Å². The highest BCUT2D eigenvalue weighted by Crippen LogP contribution is 2.29. The number of carbonyl (C=O) groups excluding carboxylic acids is 2. The van der Waals surface area contributed by atoms with E-state index >= 15 is 0 Å². The molecule has 6 heteroatoms. The van der Waals surface area contributed by atoms with E-state index < -0.39 is 12.2 Å². The molecule has 6 nitrogen and oxygen atoms in total. The van der Waals surface area contributed by atoms with E-state index in [1.54, 1.807) is 0 Å². The third kappa shape index (κ3) is 7.78. The Morgan fingerprint density at radius 1 is 0.571 bits per heavy atom. The molecule has 0 aliphatic carbocycles. The normalized spacial score (nSPS) is 12.2. The van der Waals surface area contributed by atoms with Crippen molar-refractivity contribution < 1.29 is 19.1 Å². The predicted octanol–water partition coefficient (Wildman–Crippen LogP) is 8.18. The molecule has 0 saturated carbocycles. The number of hydrogen-bond donors (Lipinski definition) is 2. The molecular formula is C36H40N2O4. The summed E-state index contributed by atoms with van der Waals surface area (Å²) >= 11 is 0. The summed E-state index contributed by atoms with van der Waals surface area (Å²) in [5.74, 6) is 0.991. The van der Waals surface area contributed by atoms with E-state index in [2.05, 4.69) is 10.6 Å². The van der Waals surface area contributed by atoms with Crippen molar-refractivity contribution in [1.29, 1.82) is 0 Å². The number of carbonyl (C=O) groups is 2. The van der Waals surface area contributed by atoms with Crippen LogP contribution in [0.5, 0.6) is 11.5 Å². The van der Waals surface area contributed by atoms with Gasteiger partial charge in [-0.25, -0.2) is 0 Å². The van der Waals surface area contributed by atoms with E-state index in [0.717, 1.165) is 44.8 Å². The molecule has 0 spiro atoms. The number of benzene rings is 4. The molecule has 2 atom stereocenters. The van der Waals surface area contributed by atoms with Crippen LogP contribution in [0.15, 0.2) is 84.9 Å². The molecule has 4 aromatic carbocycles. The van der Waals surface area contributed by atoms with Crippen molar-refractivity contribution in [1.82, 2.24) is 0 Å². The van der Waals surface area contributed by atoms with Gasteiger partial charge in [0.2, 0.25) is 0 Å². The molecule has 4 rings (SSSR count). The summed E-state index contributed by atoms with van der Waals surface area (Å²) in [5, 5.41) is 6.05. The van der Waals surface area contributed by atoms with Crippen LogP contribution < -0.4 is 20.1 Å². The molecule has 0 aliphatic rings. The average Bonchev–Trinajstić information content (AvgIpc) is 2.98. The van der Waals surface area contributed by atoms with Crippen LogP contribution in [0.4, 0.5) is 11.4 Å². The van der Waals surface area contributed by atoms with Crippen LogP contribution in [0.25, 0.3) is 11.1 Å². The second-order valence-corrected chi connectivity index (χ2v) is 10.7. The van der Waals surface area contributed by atoms with E-state index in [-0.39, 0.29) is 11.8 Å². The quantitative estimate of drug-likeness (QED) is 0.193. The van der Waals surface area contributed by atoms with Gasteiger partial charge in [0.15, 0.2) is 12.2 Å². The molecule has 0 bridgehead atoms. The molecule has 4 aromatic rings. The van der Waals surface area contributed by atoms with Gasteiger partial charge in [-0.3, -0.25) is 9.59 Å². The lowest BCUT2D eigenvalue weighted by atomic mass is 9.99. The first-order valence-electron chi connectivity index (χ1n) is 14.5. The Morgan fingerprint density at radius 2 is 0.929 bits per heavy atom. The molecule has 0 saturated heterocycles. The van der Waals surface area contributed by atoms with Gasteiger partial charge < -0.3 is 20.1 Å². The SMILES string of the molecule is CCC(Oc1ccc(C)cc1)C(=O)Nc1ccc(-c2ccc(NC(=O)C(CC)Oc3ccc(C)cc3)c(C)c2)cc1C. The number of aryl methyl sites for hydroxylation is 4. The molecule has 0 aromatic heterocycles. The average molecular weight is 565 g/mol. The van der Waals surface area contributed by atoms with Crippen molar-refractivity contribution >= 4 is 23.2 Å². The van der Waals surface area contributed by atoms with Gasteiger partial charge in [-0.2, -0.15) is 0 Å². The van der Waals surface area contributed by atoms with Gasteiger partial charge in [-0.1, -0.05) is 61.4 Å². The minimum absolute atomic E-state index is 0.179. The third-order valence-corrected chi connectivity index (χ3v) is 7.23. The lowest BCUT2D eigenvalue weighted by molar-refractivity contribution is -0.123. The number of hydrogen-bond acceptors (Lipinski definition) is 4. The fourth-order valence-electron chi connectivity index (χ4n) is 4.60. The fourth-order valence-corrected chi connectivity index (χ4v) is 4.60. The maximum Gasteiger partial charge on any atom is 0.265 e. The molecule has 2 N–H and O–H groups in total. The zero-order valence-electron chi connectivity index (χ0n) is 25.3. The van der Waals surface area contributed by atoms with E-state index in [0.29, 0.717) is 24.3 Å². The number of nitrogens with one attached hydrogen (secondary N) is 2. The Bertz CT molecular complexity index is 1410. The Balaban J connectivity index is 1.41. The number of amides is 2. The summed E-state index contributed by atoms with van der Waals surface area (Å²) in [6.45, 7) is 11.8. The van der Waals surface area contributed by atoms with Crippen molar-refractivity contribution in [3.63, 3.8) is 0 Å². The fraction of sp³-hybridized carbons (Fsp3) is 0.278. The standard InChI is InChI=1S/C36H40N2O4/c1-7-33(41-29-15-9-23(3)10-16-29)35(39)37-31-19-13-27(21-25(31)5)28-14-20-32(26(6)22-28)38-36(40)34(8-2)42-30-17-11-24(4)12-18-30/h9-22,33-34H,7-8H2,1-6H3,(H,37,39)(H,38,40). The minimum atomic E-state index is -0.591. The van der Waals surface area contributed by atoms with Crippen molar-refractivity contribution in [3.05, 3.63) is 107 Å². The lowest BCUT2D eigenvalue weighted by Gasteiger charge is -2.19. The van der Waals surface area contributed by atoms with Gasteiger partial charge in [0.05, 0.1) is 0 Å². The van der Waals surface area contributed by atoms with Crippen molar-refractivity contribution in [2.75, 3.05) is 10.6 Å². The molecule has 0 fully saturated rings. The number of rotatable bonds is 11. The maximum atomic E-state index is 13.0. The van der Waals surface area contributed by atoms with Crippen molar-refractivity contribution in [2.24, 2.45) is 0 Å². The molecule has 42 heavy (non-hydrogen) atoms. The van der Waals surface area contributed by atoms with E-state index in [9.17, 15) is 9.59 Å². The first-order chi connectivity index (χ1) is 20.2. The lowest BCUT2D eigenvalue weighted by Crippen LogP contribution is -2.32. The maximum absolute atomic E-state index is 13.0. The highest BCUT2D eigenvalue weighted by molar-refractivity contribution is 5.96.